The normalized spacial score (nSPS) is 10.3. The fraction of sp³-hybridized carbons (Fsp3) is 0. The minimum absolute atomic E-state index is 0.223. The van der Waals surface area contributed by atoms with Crippen LogP contribution in [0, 0.1) is 11.3 Å². The first-order chi connectivity index (χ1) is 9.28. The number of aromatic nitrogens is 1. The van der Waals surface area contributed by atoms with Gasteiger partial charge in [0.2, 0.25) is 5.89 Å². The monoisotopic (exact) mass is 248 g/mol. The maximum atomic E-state index is 11.9. The zero-order chi connectivity index (χ0) is 13.2. The standard InChI is InChI=1S/C15H8N2O2/c16-9-10-4-3-5-11(8-10)15-17-14(18)12-6-1-2-7-13(12)19-15/h1-8H. The third-order valence-electron chi connectivity index (χ3n) is 2.77. The predicted octanol–water partition coefficient (Wildman–Crippen LogP) is 2.73. The van der Waals surface area contributed by atoms with Crippen LogP contribution in [0.25, 0.3) is 22.4 Å². The van der Waals surface area contributed by atoms with Gasteiger partial charge in [0, 0.05) is 5.56 Å². The Bertz CT molecular complexity index is 860. The van der Waals surface area contributed by atoms with Crippen molar-refractivity contribution in [2.75, 3.05) is 0 Å². The molecular weight excluding hydrogens is 240 g/mol. The predicted molar refractivity (Wildman–Crippen MR) is 70.4 cm³/mol. The zero-order valence-electron chi connectivity index (χ0n) is 9.83. The molecule has 2 aromatic carbocycles. The number of benzene rings is 2. The molecule has 4 nitrogen and oxygen atoms in total. The van der Waals surface area contributed by atoms with Gasteiger partial charge in [-0.05, 0) is 30.3 Å². The molecule has 4 heteroatoms. The highest BCUT2D eigenvalue weighted by Crippen LogP contribution is 2.20. The van der Waals surface area contributed by atoms with Gasteiger partial charge in [0.25, 0.3) is 5.56 Å². The average molecular weight is 248 g/mol. The summed E-state index contributed by atoms with van der Waals surface area (Å²) >= 11 is 0. The molecule has 0 amide bonds. The molecule has 0 spiro atoms. The molecule has 0 radical (unpaired) electrons. The van der Waals surface area contributed by atoms with E-state index in [2.05, 4.69) is 4.98 Å². The molecule has 0 bridgehead atoms. The Labute approximate surface area is 108 Å². The molecule has 0 N–H and O–H groups in total. The first-order valence-corrected chi connectivity index (χ1v) is 5.68. The number of hydrogen-bond acceptors (Lipinski definition) is 4. The van der Waals surface area contributed by atoms with Crippen molar-refractivity contribution in [1.29, 1.82) is 5.26 Å². The summed E-state index contributed by atoms with van der Waals surface area (Å²) in [5, 5.41) is 9.32. The molecule has 0 aliphatic carbocycles. The molecule has 0 fully saturated rings. The SMILES string of the molecule is N#Cc1cccc(-c2nc(=O)c3ccccc3o2)c1. The van der Waals surface area contributed by atoms with Crippen LogP contribution in [-0.4, -0.2) is 4.98 Å². The topological polar surface area (TPSA) is 66.9 Å². The fourth-order valence-corrected chi connectivity index (χ4v) is 1.86. The summed E-state index contributed by atoms with van der Waals surface area (Å²) in [5.41, 5.74) is 1.26. The van der Waals surface area contributed by atoms with Crippen molar-refractivity contribution in [2.45, 2.75) is 0 Å². The summed E-state index contributed by atoms with van der Waals surface area (Å²) in [4.78, 5) is 15.8. The second-order valence-corrected chi connectivity index (χ2v) is 4.01. The van der Waals surface area contributed by atoms with Crippen molar-refractivity contribution in [3.05, 3.63) is 64.4 Å². The highest BCUT2D eigenvalue weighted by Gasteiger charge is 2.08. The summed E-state index contributed by atoms with van der Waals surface area (Å²) < 4.78 is 5.61. The largest absolute Gasteiger partial charge is 0.437 e. The van der Waals surface area contributed by atoms with E-state index in [0.717, 1.165) is 0 Å². The molecule has 3 aromatic rings. The van der Waals surface area contributed by atoms with Crippen molar-refractivity contribution >= 4 is 11.0 Å². The van der Waals surface area contributed by atoms with Crippen LogP contribution >= 0.6 is 0 Å². The Balaban J connectivity index is 2.26. The van der Waals surface area contributed by atoms with Crippen molar-refractivity contribution in [1.82, 2.24) is 4.98 Å². The van der Waals surface area contributed by atoms with Crippen molar-refractivity contribution in [3.8, 4) is 17.5 Å². The molecule has 0 aliphatic heterocycles. The van der Waals surface area contributed by atoms with Crippen molar-refractivity contribution in [3.63, 3.8) is 0 Å². The molecule has 1 heterocycles. The average Bonchev–Trinajstić information content (AvgIpc) is 2.47. The number of rotatable bonds is 1. The molecule has 0 saturated carbocycles. The van der Waals surface area contributed by atoms with Crippen LogP contribution in [0.3, 0.4) is 0 Å². The molecule has 0 saturated heterocycles. The van der Waals surface area contributed by atoms with Gasteiger partial charge in [0.1, 0.15) is 5.58 Å². The van der Waals surface area contributed by atoms with Gasteiger partial charge in [-0.3, -0.25) is 4.79 Å². The van der Waals surface area contributed by atoms with Crippen LogP contribution in [0.4, 0.5) is 0 Å². The summed E-state index contributed by atoms with van der Waals surface area (Å²) in [6.07, 6.45) is 0. The highest BCUT2D eigenvalue weighted by atomic mass is 16.3. The lowest BCUT2D eigenvalue weighted by Gasteiger charge is -2.01. The minimum Gasteiger partial charge on any atom is -0.437 e. The van der Waals surface area contributed by atoms with E-state index in [0.29, 0.717) is 22.1 Å². The van der Waals surface area contributed by atoms with Crippen LogP contribution in [0.2, 0.25) is 0 Å². The Kier molecular flexibility index (Phi) is 2.58. The number of fused-ring (bicyclic) bond motifs is 1. The van der Waals surface area contributed by atoms with Gasteiger partial charge in [0.05, 0.1) is 17.0 Å². The third-order valence-corrected chi connectivity index (χ3v) is 2.77. The quantitative estimate of drug-likeness (QED) is 0.664. The second kappa shape index (κ2) is 4.39. The zero-order valence-corrected chi connectivity index (χ0v) is 9.83. The van der Waals surface area contributed by atoms with E-state index in [1.165, 1.54) is 0 Å². The first-order valence-electron chi connectivity index (χ1n) is 5.68. The van der Waals surface area contributed by atoms with Gasteiger partial charge in [-0.1, -0.05) is 18.2 Å². The Morgan fingerprint density at radius 2 is 1.95 bits per heavy atom. The van der Waals surface area contributed by atoms with Crippen molar-refractivity contribution in [2.24, 2.45) is 0 Å². The van der Waals surface area contributed by atoms with Gasteiger partial charge in [0.15, 0.2) is 0 Å². The summed E-state index contributed by atoms with van der Waals surface area (Å²) in [5.74, 6) is 0.223. The smallest absolute Gasteiger partial charge is 0.284 e. The minimum atomic E-state index is -0.334. The molecule has 1 aromatic heterocycles. The fourth-order valence-electron chi connectivity index (χ4n) is 1.86. The van der Waals surface area contributed by atoms with Gasteiger partial charge in [-0.2, -0.15) is 10.2 Å². The van der Waals surface area contributed by atoms with Crippen LogP contribution in [-0.2, 0) is 0 Å². The molecule has 0 atom stereocenters. The Morgan fingerprint density at radius 1 is 1.11 bits per heavy atom. The number of para-hydroxylation sites is 1. The van der Waals surface area contributed by atoms with E-state index in [4.69, 9.17) is 9.68 Å². The van der Waals surface area contributed by atoms with E-state index in [1.54, 1.807) is 48.5 Å². The Morgan fingerprint density at radius 3 is 2.79 bits per heavy atom. The summed E-state index contributed by atoms with van der Waals surface area (Å²) in [7, 11) is 0. The maximum Gasteiger partial charge on any atom is 0.284 e. The first kappa shape index (κ1) is 11.2. The van der Waals surface area contributed by atoms with Crippen molar-refractivity contribution < 1.29 is 4.42 Å². The van der Waals surface area contributed by atoms with E-state index >= 15 is 0 Å². The second-order valence-electron chi connectivity index (χ2n) is 4.01. The van der Waals surface area contributed by atoms with Crippen LogP contribution in [0.1, 0.15) is 5.56 Å². The lowest BCUT2D eigenvalue weighted by Crippen LogP contribution is -2.06. The summed E-state index contributed by atoms with van der Waals surface area (Å²) in [6.45, 7) is 0. The van der Waals surface area contributed by atoms with E-state index in [1.807, 2.05) is 6.07 Å². The lowest BCUT2D eigenvalue weighted by molar-refractivity contribution is 0.595. The Hall–Kier alpha value is -2.93. The van der Waals surface area contributed by atoms with Gasteiger partial charge in [-0.25, -0.2) is 0 Å². The van der Waals surface area contributed by atoms with Crippen LogP contribution < -0.4 is 5.56 Å². The number of nitrogens with zero attached hydrogens (tertiary/aromatic N) is 2. The van der Waals surface area contributed by atoms with Crippen LogP contribution in [0.5, 0.6) is 0 Å². The molecule has 19 heavy (non-hydrogen) atoms. The van der Waals surface area contributed by atoms with Gasteiger partial charge in [-0.15, -0.1) is 0 Å². The van der Waals surface area contributed by atoms with E-state index < -0.39 is 0 Å². The van der Waals surface area contributed by atoms with Gasteiger partial charge < -0.3 is 4.42 Å². The maximum absolute atomic E-state index is 11.9. The molecule has 0 aliphatic rings. The molecule has 0 unspecified atom stereocenters. The number of hydrogen-bond donors (Lipinski definition) is 0. The molecule has 90 valence electrons. The number of nitriles is 1. The molecular formula is C15H8N2O2. The highest BCUT2D eigenvalue weighted by molar-refractivity contribution is 5.76. The van der Waals surface area contributed by atoms with E-state index in [-0.39, 0.29) is 11.4 Å². The van der Waals surface area contributed by atoms with Gasteiger partial charge >= 0.3 is 0 Å². The van der Waals surface area contributed by atoms with Crippen LogP contribution in [0.15, 0.2) is 57.7 Å². The molecule has 3 rings (SSSR count). The summed E-state index contributed by atoms with van der Waals surface area (Å²) in [6, 6.07) is 15.8. The van der Waals surface area contributed by atoms with E-state index in [9.17, 15) is 4.79 Å². The third kappa shape index (κ3) is 1.98. The lowest BCUT2D eigenvalue weighted by atomic mass is 10.1.